The van der Waals surface area contributed by atoms with E-state index in [1.165, 1.54) is 44.3 Å². The maximum absolute atomic E-state index is 4.41. The summed E-state index contributed by atoms with van der Waals surface area (Å²) in [5.41, 5.74) is 3.60. The fourth-order valence-corrected chi connectivity index (χ4v) is 3.88. The highest BCUT2D eigenvalue weighted by Crippen LogP contribution is 2.36. The van der Waals surface area contributed by atoms with Crippen LogP contribution < -0.4 is 5.32 Å². The molecule has 1 heterocycles. The fraction of sp³-hybridized carbons (Fsp3) is 0.812. The summed E-state index contributed by atoms with van der Waals surface area (Å²) < 4.78 is 0. The minimum absolute atomic E-state index is 0.466. The maximum atomic E-state index is 4.41. The van der Waals surface area contributed by atoms with Crippen LogP contribution in [0.2, 0.25) is 0 Å². The van der Waals surface area contributed by atoms with Crippen molar-refractivity contribution >= 4 is 11.3 Å². The molecule has 2 rings (SSSR count). The van der Waals surface area contributed by atoms with Gasteiger partial charge < -0.3 is 5.32 Å². The molecular formula is C16H29N3S. The number of nitrogens with zero attached hydrogens (tertiary/aromatic N) is 2. The van der Waals surface area contributed by atoms with Gasteiger partial charge in [0, 0.05) is 31.1 Å². The second-order valence-electron chi connectivity index (χ2n) is 6.75. The maximum Gasteiger partial charge on any atom is 0.0795 e. The molecule has 0 bridgehead atoms. The van der Waals surface area contributed by atoms with Gasteiger partial charge in [-0.15, -0.1) is 11.3 Å². The van der Waals surface area contributed by atoms with Gasteiger partial charge in [-0.2, -0.15) is 0 Å². The lowest BCUT2D eigenvalue weighted by Gasteiger charge is -2.41. The molecule has 1 N–H and O–H groups in total. The van der Waals surface area contributed by atoms with Crippen LogP contribution in [-0.2, 0) is 6.54 Å². The van der Waals surface area contributed by atoms with Crippen LogP contribution in [0.4, 0.5) is 0 Å². The lowest BCUT2D eigenvalue weighted by Crippen LogP contribution is -2.45. The largest absolute Gasteiger partial charge is 0.314 e. The molecule has 0 unspecified atom stereocenters. The van der Waals surface area contributed by atoms with Crippen molar-refractivity contribution in [1.29, 1.82) is 0 Å². The third-order valence-corrected chi connectivity index (χ3v) is 4.96. The average Bonchev–Trinajstić information content (AvgIpc) is 2.90. The summed E-state index contributed by atoms with van der Waals surface area (Å²) in [6, 6.07) is 0.581. The molecule has 1 aliphatic rings. The number of nitrogens with one attached hydrogen (secondary N) is 1. The van der Waals surface area contributed by atoms with Gasteiger partial charge in [-0.25, -0.2) is 4.98 Å². The fourth-order valence-electron chi connectivity index (χ4n) is 3.33. The molecule has 0 amide bonds. The molecule has 0 aliphatic heterocycles. The molecule has 20 heavy (non-hydrogen) atoms. The Morgan fingerprint density at radius 1 is 1.35 bits per heavy atom. The summed E-state index contributed by atoms with van der Waals surface area (Å²) in [6.07, 6.45) is 6.94. The number of thiazole rings is 1. The molecule has 1 saturated carbocycles. The molecule has 1 aromatic heterocycles. The van der Waals surface area contributed by atoms with Gasteiger partial charge in [0.05, 0.1) is 11.2 Å². The third-order valence-electron chi connectivity index (χ3n) is 4.32. The number of hydrogen-bond donors (Lipinski definition) is 1. The van der Waals surface area contributed by atoms with Crippen LogP contribution in [0, 0.1) is 5.41 Å². The summed E-state index contributed by atoms with van der Waals surface area (Å²) in [7, 11) is 2.24. The molecule has 0 saturated heterocycles. The first-order valence-electron chi connectivity index (χ1n) is 7.89. The van der Waals surface area contributed by atoms with Crippen molar-refractivity contribution in [2.45, 2.75) is 58.5 Å². The van der Waals surface area contributed by atoms with Crippen molar-refractivity contribution < 1.29 is 0 Å². The molecule has 0 spiro atoms. The first-order chi connectivity index (χ1) is 9.60. The van der Waals surface area contributed by atoms with E-state index in [2.05, 4.69) is 41.5 Å². The summed E-state index contributed by atoms with van der Waals surface area (Å²) in [5, 5.41) is 5.84. The van der Waals surface area contributed by atoms with Crippen molar-refractivity contribution in [2.24, 2.45) is 5.41 Å². The minimum atomic E-state index is 0.466. The smallest absolute Gasteiger partial charge is 0.0795 e. The Morgan fingerprint density at radius 3 is 2.70 bits per heavy atom. The Kier molecular flexibility index (Phi) is 6.00. The SMILES string of the molecule is CC(C)NCC1(CN(C)Cc2cscn2)CCCCC1. The summed E-state index contributed by atoms with van der Waals surface area (Å²) >= 11 is 1.69. The second kappa shape index (κ2) is 7.53. The summed E-state index contributed by atoms with van der Waals surface area (Å²) in [6.45, 7) is 7.81. The lowest BCUT2D eigenvalue weighted by molar-refractivity contribution is 0.111. The zero-order chi connectivity index (χ0) is 14.4. The Bertz CT molecular complexity index is 369. The van der Waals surface area contributed by atoms with Crippen molar-refractivity contribution in [3.63, 3.8) is 0 Å². The van der Waals surface area contributed by atoms with Crippen LogP contribution in [0.1, 0.15) is 51.6 Å². The zero-order valence-corrected chi connectivity index (χ0v) is 14.0. The van der Waals surface area contributed by atoms with E-state index in [1.807, 2.05) is 5.51 Å². The Balaban J connectivity index is 1.92. The van der Waals surface area contributed by atoms with E-state index < -0.39 is 0 Å². The van der Waals surface area contributed by atoms with Gasteiger partial charge in [-0.05, 0) is 25.3 Å². The predicted molar refractivity (Wildman–Crippen MR) is 87.1 cm³/mol. The highest BCUT2D eigenvalue weighted by Gasteiger charge is 2.33. The van der Waals surface area contributed by atoms with Gasteiger partial charge in [0.1, 0.15) is 0 Å². The third kappa shape index (κ3) is 4.83. The van der Waals surface area contributed by atoms with Crippen LogP contribution in [0.3, 0.4) is 0 Å². The first kappa shape index (κ1) is 15.9. The topological polar surface area (TPSA) is 28.2 Å². The van der Waals surface area contributed by atoms with E-state index in [9.17, 15) is 0 Å². The van der Waals surface area contributed by atoms with Gasteiger partial charge in [0.25, 0.3) is 0 Å². The van der Waals surface area contributed by atoms with E-state index in [0.29, 0.717) is 11.5 Å². The van der Waals surface area contributed by atoms with Crippen LogP contribution in [0.5, 0.6) is 0 Å². The monoisotopic (exact) mass is 295 g/mol. The van der Waals surface area contributed by atoms with Crippen molar-refractivity contribution in [3.05, 3.63) is 16.6 Å². The van der Waals surface area contributed by atoms with Crippen molar-refractivity contribution in [1.82, 2.24) is 15.2 Å². The molecule has 1 fully saturated rings. The van der Waals surface area contributed by atoms with Crippen molar-refractivity contribution in [3.8, 4) is 0 Å². The van der Waals surface area contributed by atoms with Gasteiger partial charge >= 0.3 is 0 Å². The molecule has 114 valence electrons. The molecule has 1 aromatic rings. The van der Waals surface area contributed by atoms with E-state index in [-0.39, 0.29) is 0 Å². The van der Waals surface area contributed by atoms with E-state index in [4.69, 9.17) is 0 Å². The second-order valence-corrected chi connectivity index (χ2v) is 7.47. The Labute approximate surface area is 127 Å². The normalized spacial score (nSPS) is 18.9. The quantitative estimate of drug-likeness (QED) is 0.834. The summed E-state index contributed by atoms with van der Waals surface area (Å²) in [5.74, 6) is 0. The van der Waals surface area contributed by atoms with E-state index in [0.717, 1.165) is 13.1 Å². The highest BCUT2D eigenvalue weighted by atomic mass is 32.1. The minimum Gasteiger partial charge on any atom is -0.314 e. The molecule has 4 heteroatoms. The molecule has 1 aliphatic carbocycles. The van der Waals surface area contributed by atoms with Gasteiger partial charge in [0.15, 0.2) is 0 Å². The van der Waals surface area contributed by atoms with Crippen LogP contribution >= 0.6 is 11.3 Å². The van der Waals surface area contributed by atoms with E-state index >= 15 is 0 Å². The average molecular weight is 295 g/mol. The highest BCUT2D eigenvalue weighted by molar-refractivity contribution is 7.07. The lowest BCUT2D eigenvalue weighted by atomic mass is 9.73. The summed E-state index contributed by atoms with van der Waals surface area (Å²) in [4.78, 5) is 6.87. The zero-order valence-electron chi connectivity index (χ0n) is 13.2. The molecule has 0 atom stereocenters. The standard InChI is InChI=1S/C16H29N3S/c1-14(2)17-11-16(7-5-4-6-8-16)12-19(3)9-15-10-20-13-18-15/h10,13-14,17H,4-9,11-12H2,1-3H3. The Hall–Kier alpha value is -0.450. The van der Waals surface area contributed by atoms with Gasteiger partial charge in [0.2, 0.25) is 0 Å². The van der Waals surface area contributed by atoms with Crippen molar-refractivity contribution in [2.75, 3.05) is 20.1 Å². The van der Waals surface area contributed by atoms with Crippen LogP contribution in [-0.4, -0.2) is 36.1 Å². The van der Waals surface area contributed by atoms with Crippen LogP contribution in [0.25, 0.3) is 0 Å². The first-order valence-corrected chi connectivity index (χ1v) is 8.83. The molecule has 3 nitrogen and oxygen atoms in total. The van der Waals surface area contributed by atoms with Gasteiger partial charge in [-0.1, -0.05) is 33.1 Å². The number of hydrogen-bond acceptors (Lipinski definition) is 4. The predicted octanol–water partition coefficient (Wildman–Crippen LogP) is 3.52. The number of aromatic nitrogens is 1. The molecular weight excluding hydrogens is 266 g/mol. The number of rotatable bonds is 7. The molecule has 0 radical (unpaired) electrons. The Morgan fingerprint density at radius 2 is 2.10 bits per heavy atom. The van der Waals surface area contributed by atoms with E-state index in [1.54, 1.807) is 11.3 Å². The molecule has 0 aromatic carbocycles. The van der Waals surface area contributed by atoms with Crippen LogP contribution in [0.15, 0.2) is 10.9 Å². The van der Waals surface area contributed by atoms with Gasteiger partial charge in [-0.3, -0.25) is 4.90 Å².